The Morgan fingerprint density at radius 2 is 2.12 bits per heavy atom. The number of nitrogens with zero attached hydrogens (tertiary/aromatic N) is 2. The van der Waals surface area contributed by atoms with Crippen molar-refractivity contribution < 1.29 is 5.11 Å². The molecule has 88 valence electrons. The fraction of sp³-hybridized carbons (Fsp3) is 0.615. The Balaban J connectivity index is 2.13. The summed E-state index contributed by atoms with van der Waals surface area (Å²) in [6, 6.07) is 0. The SMILES string of the molecule is Cn1cncc1C(O)/C1=C/CCCCCC1. The molecule has 1 aromatic rings. The minimum absolute atomic E-state index is 0.467. The zero-order valence-electron chi connectivity index (χ0n) is 9.89. The van der Waals surface area contributed by atoms with Crippen LogP contribution in [-0.4, -0.2) is 14.7 Å². The molecule has 1 aromatic heterocycles. The molecule has 0 saturated heterocycles. The Labute approximate surface area is 96.8 Å². The zero-order valence-corrected chi connectivity index (χ0v) is 9.89. The van der Waals surface area contributed by atoms with Crippen molar-refractivity contribution in [1.82, 2.24) is 9.55 Å². The van der Waals surface area contributed by atoms with Gasteiger partial charge in [0.15, 0.2) is 0 Å². The van der Waals surface area contributed by atoms with Crippen molar-refractivity contribution in [2.45, 2.75) is 44.6 Å². The van der Waals surface area contributed by atoms with E-state index in [9.17, 15) is 5.11 Å². The Hall–Kier alpha value is -1.09. The molecule has 1 atom stereocenters. The first-order valence-corrected chi connectivity index (χ1v) is 6.12. The number of aryl methyl sites for hydroxylation is 1. The van der Waals surface area contributed by atoms with E-state index in [0.29, 0.717) is 0 Å². The standard InChI is InChI=1S/C13H20N2O/c1-15-10-14-9-12(15)13(16)11-7-5-3-2-4-6-8-11/h7,9-10,13,16H,2-6,8H2,1H3/b11-7+. The summed E-state index contributed by atoms with van der Waals surface area (Å²) < 4.78 is 1.89. The molecule has 1 heterocycles. The highest BCUT2D eigenvalue weighted by Crippen LogP contribution is 2.28. The first-order chi connectivity index (χ1) is 7.79. The summed E-state index contributed by atoms with van der Waals surface area (Å²) in [7, 11) is 1.93. The van der Waals surface area contributed by atoms with Crippen molar-refractivity contribution in [3.8, 4) is 0 Å². The van der Waals surface area contributed by atoms with Gasteiger partial charge in [-0.25, -0.2) is 4.98 Å². The van der Waals surface area contributed by atoms with Crippen molar-refractivity contribution in [2.24, 2.45) is 7.05 Å². The second-order valence-electron chi connectivity index (χ2n) is 4.56. The molecule has 1 unspecified atom stereocenters. The minimum Gasteiger partial charge on any atom is -0.382 e. The van der Waals surface area contributed by atoms with Crippen molar-refractivity contribution in [3.63, 3.8) is 0 Å². The molecule has 2 rings (SSSR count). The fourth-order valence-electron chi connectivity index (χ4n) is 2.29. The molecule has 0 amide bonds. The summed E-state index contributed by atoms with van der Waals surface area (Å²) >= 11 is 0. The molecule has 0 aromatic carbocycles. The van der Waals surface area contributed by atoms with Gasteiger partial charge in [0, 0.05) is 7.05 Å². The number of aromatic nitrogens is 2. The van der Waals surface area contributed by atoms with E-state index in [-0.39, 0.29) is 0 Å². The lowest BCUT2D eigenvalue weighted by Crippen LogP contribution is -2.07. The summed E-state index contributed by atoms with van der Waals surface area (Å²) in [6.45, 7) is 0. The molecular formula is C13H20N2O. The molecular weight excluding hydrogens is 200 g/mol. The second kappa shape index (κ2) is 5.30. The number of hydrogen-bond acceptors (Lipinski definition) is 2. The van der Waals surface area contributed by atoms with Gasteiger partial charge >= 0.3 is 0 Å². The van der Waals surface area contributed by atoms with Gasteiger partial charge in [0.2, 0.25) is 0 Å². The molecule has 1 aliphatic carbocycles. The molecule has 0 spiro atoms. The van der Waals surface area contributed by atoms with Crippen LogP contribution in [0.5, 0.6) is 0 Å². The van der Waals surface area contributed by atoms with E-state index >= 15 is 0 Å². The van der Waals surface area contributed by atoms with Gasteiger partial charge in [-0.15, -0.1) is 0 Å². The van der Waals surface area contributed by atoms with Crippen LogP contribution in [-0.2, 0) is 7.05 Å². The molecule has 0 fully saturated rings. The van der Waals surface area contributed by atoms with E-state index in [1.165, 1.54) is 31.3 Å². The maximum atomic E-state index is 10.3. The van der Waals surface area contributed by atoms with Crippen molar-refractivity contribution in [1.29, 1.82) is 0 Å². The van der Waals surface area contributed by atoms with Gasteiger partial charge in [-0.1, -0.05) is 18.9 Å². The molecule has 0 saturated carbocycles. The average Bonchev–Trinajstić information content (AvgIpc) is 2.63. The summed E-state index contributed by atoms with van der Waals surface area (Å²) in [4.78, 5) is 4.06. The fourth-order valence-corrected chi connectivity index (χ4v) is 2.29. The largest absolute Gasteiger partial charge is 0.382 e. The van der Waals surface area contributed by atoms with Crippen LogP contribution in [0.1, 0.15) is 50.3 Å². The summed E-state index contributed by atoms with van der Waals surface area (Å²) in [6.07, 6.45) is 12.4. The molecule has 0 radical (unpaired) electrons. The van der Waals surface area contributed by atoms with E-state index in [1.807, 2.05) is 11.6 Å². The highest BCUT2D eigenvalue weighted by atomic mass is 16.3. The number of aliphatic hydroxyl groups excluding tert-OH is 1. The van der Waals surface area contributed by atoms with Crippen molar-refractivity contribution in [2.75, 3.05) is 0 Å². The second-order valence-corrected chi connectivity index (χ2v) is 4.56. The van der Waals surface area contributed by atoms with Crippen LogP contribution in [0.2, 0.25) is 0 Å². The third-order valence-electron chi connectivity index (χ3n) is 3.31. The average molecular weight is 220 g/mol. The lowest BCUT2D eigenvalue weighted by Gasteiger charge is -2.17. The maximum Gasteiger partial charge on any atom is 0.117 e. The first-order valence-electron chi connectivity index (χ1n) is 6.12. The minimum atomic E-state index is -0.467. The lowest BCUT2D eigenvalue weighted by atomic mass is 9.95. The van der Waals surface area contributed by atoms with Crippen molar-refractivity contribution >= 4 is 0 Å². The highest BCUT2D eigenvalue weighted by Gasteiger charge is 2.16. The smallest absolute Gasteiger partial charge is 0.117 e. The molecule has 0 aliphatic heterocycles. The van der Waals surface area contributed by atoms with E-state index in [2.05, 4.69) is 11.1 Å². The molecule has 3 heteroatoms. The van der Waals surface area contributed by atoms with Crippen LogP contribution >= 0.6 is 0 Å². The number of aliphatic hydroxyl groups is 1. The van der Waals surface area contributed by atoms with Crippen LogP contribution in [0.25, 0.3) is 0 Å². The maximum absolute atomic E-state index is 10.3. The Kier molecular flexibility index (Phi) is 3.78. The van der Waals surface area contributed by atoms with Gasteiger partial charge in [-0.3, -0.25) is 0 Å². The normalized spacial score (nSPS) is 23.0. The van der Waals surface area contributed by atoms with Gasteiger partial charge in [-0.05, 0) is 31.3 Å². The quantitative estimate of drug-likeness (QED) is 0.778. The monoisotopic (exact) mass is 220 g/mol. The number of imidazole rings is 1. The third-order valence-corrected chi connectivity index (χ3v) is 3.31. The number of hydrogen-bond donors (Lipinski definition) is 1. The summed E-state index contributed by atoms with van der Waals surface area (Å²) in [5, 5.41) is 10.3. The Morgan fingerprint density at radius 3 is 2.88 bits per heavy atom. The molecule has 0 bridgehead atoms. The molecule has 3 nitrogen and oxygen atoms in total. The topological polar surface area (TPSA) is 38.0 Å². The van der Waals surface area contributed by atoms with Crippen LogP contribution < -0.4 is 0 Å². The van der Waals surface area contributed by atoms with Crippen LogP contribution in [0, 0.1) is 0 Å². The van der Waals surface area contributed by atoms with E-state index in [0.717, 1.165) is 18.5 Å². The van der Waals surface area contributed by atoms with Gasteiger partial charge < -0.3 is 9.67 Å². The number of rotatable bonds is 2. The van der Waals surface area contributed by atoms with Crippen LogP contribution in [0.15, 0.2) is 24.2 Å². The van der Waals surface area contributed by atoms with E-state index < -0.39 is 6.10 Å². The van der Waals surface area contributed by atoms with Crippen LogP contribution in [0.3, 0.4) is 0 Å². The number of allylic oxidation sites excluding steroid dienone is 1. The van der Waals surface area contributed by atoms with Crippen LogP contribution in [0.4, 0.5) is 0 Å². The highest BCUT2D eigenvalue weighted by molar-refractivity contribution is 5.19. The Morgan fingerprint density at radius 1 is 1.31 bits per heavy atom. The predicted octanol–water partition coefficient (Wildman–Crippen LogP) is 2.73. The molecule has 16 heavy (non-hydrogen) atoms. The zero-order chi connectivity index (χ0) is 11.4. The van der Waals surface area contributed by atoms with Gasteiger partial charge in [0.1, 0.15) is 6.10 Å². The van der Waals surface area contributed by atoms with Gasteiger partial charge in [-0.2, -0.15) is 0 Å². The van der Waals surface area contributed by atoms with Crippen molar-refractivity contribution in [3.05, 3.63) is 29.9 Å². The van der Waals surface area contributed by atoms with Gasteiger partial charge in [0.25, 0.3) is 0 Å². The summed E-state index contributed by atoms with van der Waals surface area (Å²) in [5.41, 5.74) is 2.06. The third kappa shape index (κ3) is 2.53. The van der Waals surface area contributed by atoms with E-state index in [1.54, 1.807) is 12.5 Å². The lowest BCUT2D eigenvalue weighted by molar-refractivity contribution is 0.200. The Bertz CT molecular complexity index is 368. The molecule has 1 aliphatic rings. The predicted molar refractivity (Wildman–Crippen MR) is 64.0 cm³/mol. The van der Waals surface area contributed by atoms with E-state index in [4.69, 9.17) is 0 Å². The first kappa shape index (κ1) is 11.4. The van der Waals surface area contributed by atoms with Gasteiger partial charge in [0.05, 0.1) is 18.2 Å². The summed E-state index contributed by atoms with van der Waals surface area (Å²) in [5.74, 6) is 0. The molecule has 1 N–H and O–H groups in total.